The quantitative estimate of drug-likeness (QED) is 0.607. The molecule has 1 unspecified atom stereocenters. The molecule has 18 heavy (non-hydrogen) atoms. The molecule has 0 aromatic heterocycles. The van der Waals surface area contributed by atoms with Gasteiger partial charge in [0.25, 0.3) is 0 Å². The van der Waals surface area contributed by atoms with Gasteiger partial charge in [-0.15, -0.1) is 0 Å². The molecule has 0 aromatic rings. The number of carbonyl (C=O) groups excluding carboxylic acids is 2. The predicted octanol–water partition coefficient (Wildman–Crippen LogP) is 2.52. The first-order valence-electron chi connectivity index (χ1n) is 6.40. The third-order valence-electron chi connectivity index (χ3n) is 5.16. The van der Waals surface area contributed by atoms with E-state index < -0.39 is 22.3 Å². The monoisotopic (exact) mass is 252 g/mol. The lowest BCUT2D eigenvalue weighted by Crippen LogP contribution is -2.49. The third-order valence-corrected chi connectivity index (χ3v) is 5.16. The summed E-state index contributed by atoms with van der Waals surface area (Å²) in [4.78, 5) is 25.1. The number of hydrogen-bond acceptors (Lipinski definition) is 3. The topological polar surface area (TPSA) is 54.4 Å². The largest absolute Gasteiger partial charge is 0.374 e. The summed E-state index contributed by atoms with van der Waals surface area (Å²) in [6, 6.07) is 0. The molecule has 0 radical (unpaired) electrons. The molecule has 0 aromatic carbocycles. The molecular weight excluding hydrogens is 228 g/mol. The van der Waals surface area contributed by atoms with Crippen molar-refractivity contribution in [1.82, 2.24) is 0 Å². The zero-order chi connectivity index (χ0) is 14.5. The molecule has 0 saturated heterocycles. The summed E-state index contributed by atoms with van der Waals surface area (Å²) < 4.78 is 0. The average Bonchev–Trinajstić information content (AvgIpc) is 2.40. The Hall–Kier alpha value is -0.960. The molecular formula is C15H24O3. The molecule has 1 rings (SSSR count). The molecule has 0 spiro atoms. The second-order valence-electron chi connectivity index (χ2n) is 6.43. The number of rotatable bonds is 2. The van der Waals surface area contributed by atoms with Gasteiger partial charge in [-0.25, -0.2) is 0 Å². The molecule has 0 heterocycles. The number of hydrogen-bond donors (Lipinski definition) is 1. The van der Waals surface area contributed by atoms with Gasteiger partial charge >= 0.3 is 0 Å². The maximum atomic E-state index is 12.5. The van der Waals surface area contributed by atoms with Crippen molar-refractivity contribution in [3.05, 3.63) is 11.6 Å². The van der Waals surface area contributed by atoms with E-state index in [-0.39, 0.29) is 11.6 Å². The van der Waals surface area contributed by atoms with Crippen molar-refractivity contribution in [2.45, 2.75) is 54.1 Å². The van der Waals surface area contributed by atoms with Crippen LogP contribution in [-0.4, -0.2) is 22.3 Å². The van der Waals surface area contributed by atoms with Crippen LogP contribution in [0, 0.1) is 16.7 Å². The fraction of sp³-hybridized carbons (Fsp3) is 0.733. The molecule has 1 saturated carbocycles. The van der Waals surface area contributed by atoms with Crippen molar-refractivity contribution < 1.29 is 14.7 Å². The maximum Gasteiger partial charge on any atom is 0.188 e. The van der Waals surface area contributed by atoms with Gasteiger partial charge in [-0.1, -0.05) is 46.3 Å². The number of aliphatic hydroxyl groups is 1. The van der Waals surface area contributed by atoms with Crippen LogP contribution in [0.1, 0.15) is 48.5 Å². The zero-order valence-corrected chi connectivity index (χ0v) is 12.4. The summed E-state index contributed by atoms with van der Waals surface area (Å²) in [5, 5.41) is 10.7. The van der Waals surface area contributed by atoms with Crippen LogP contribution in [0.4, 0.5) is 0 Å². The van der Waals surface area contributed by atoms with Crippen molar-refractivity contribution in [3.8, 4) is 0 Å². The fourth-order valence-electron chi connectivity index (χ4n) is 2.60. The Morgan fingerprint density at radius 2 is 1.44 bits per heavy atom. The number of carbonyl (C=O) groups is 2. The number of ketones is 2. The van der Waals surface area contributed by atoms with Crippen molar-refractivity contribution >= 4 is 11.6 Å². The number of Topliss-reactive ketones (excluding diaryl/α,β-unsaturated/α-hetero) is 2. The van der Waals surface area contributed by atoms with E-state index in [1.54, 1.807) is 34.6 Å². The minimum atomic E-state index is -1.89. The summed E-state index contributed by atoms with van der Waals surface area (Å²) in [6.07, 6.45) is 1.83. The summed E-state index contributed by atoms with van der Waals surface area (Å²) in [6.45, 7) is 12.4. The highest BCUT2D eigenvalue weighted by molar-refractivity contribution is 6.21. The molecule has 1 aliphatic rings. The van der Waals surface area contributed by atoms with Crippen LogP contribution in [0.25, 0.3) is 0 Å². The Kier molecular flexibility index (Phi) is 3.37. The van der Waals surface area contributed by atoms with Gasteiger partial charge in [-0.05, 0) is 13.8 Å². The summed E-state index contributed by atoms with van der Waals surface area (Å²) >= 11 is 0. The second kappa shape index (κ2) is 4.02. The smallest absolute Gasteiger partial charge is 0.188 e. The van der Waals surface area contributed by atoms with Crippen molar-refractivity contribution in [2.75, 3.05) is 0 Å². The SMILES string of the molecule is C/C=C(\C)C(C)C1(O)C(=O)C(C)(C)C(C)(C)C1=O. The molecule has 1 atom stereocenters. The molecule has 0 aliphatic heterocycles. The van der Waals surface area contributed by atoms with Crippen LogP contribution >= 0.6 is 0 Å². The van der Waals surface area contributed by atoms with Gasteiger partial charge in [0, 0.05) is 16.7 Å². The fourth-order valence-corrected chi connectivity index (χ4v) is 2.60. The van der Waals surface area contributed by atoms with E-state index in [9.17, 15) is 14.7 Å². The van der Waals surface area contributed by atoms with E-state index in [2.05, 4.69) is 0 Å². The zero-order valence-electron chi connectivity index (χ0n) is 12.4. The summed E-state index contributed by atoms with van der Waals surface area (Å²) in [7, 11) is 0. The lowest BCUT2D eigenvalue weighted by atomic mass is 9.70. The Balaban J connectivity index is 3.44. The van der Waals surface area contributed by atoms with Gasteiger partial charge in [0.15, 0.2) is 17.2 Å². The second-order valence-corrected chi connectivity index (χ2v) is 6.43. The van der Waals surface area contributed by atoms with Crippen molar-refractivity contribution in [3.63, 3.8) is 0 Å². The molecule has 3 nitrogen and oxygen atoms in total. The number of allylic oxidation sites excluding steroid dienone is 1. The van der Waals surface area contributed by atoms with E-state index in [4.69, 9.17) is 0 Å². The molecule has 1 N–H and O–H groups in total. The minimum Gasteiger partial charge on any atom is -0.374 e. The first-order valence-corrected chi connectivity index (χ1v) is 6.40. The Labute approximate surface area is 109 Å². The van der Waals surface area contributed by atoms with E-state index in [0.29, 0.717) is 0 Å². The normalized spacial score (nSPS) is 27.4. The third kappa shape index (κ3) is 1.53. The molecule has 3 heteroatoms. The Bertz CT molecular complexity index is 401. The molecule has 1 aliphatic carbocycles. The average molecular weight is 252 g/mol. The van der Waals surface area contributed by atoms with Crippen LogP contribution < -0.4 is 0 Å². The minimum absolute atomic E-state index is 0.362. The highest BCUT2D eigenvalue weighted by Gasteiger charge is 2.69. The van der Waals surface area contributed by atoms with E-state index in [1.165, 1.54) is 0 Å². The van der Waals surface area contributed by atoms with Gasteiger partial charge in [-0.2, -0.15) is 0 Å². The summed E-state index contributed by atoms with van der Waals surface area (Å²) in [5.41, 5.74) is -2.72. The standard InChI is InChI=1S/C15H24O3/c1-8-9(2)10(3)15(18)11(16)13(4,5)14(6,7)12(15)17/h8,10,18H,1-7H3/b9-8+. The highest BCUT2D eigenvalue weighted by Crippen LogP contribution is 2.54. The lowest BCUT2D eigenvalue weighted by molar-refractivity contribution is -0.151. The van der Waals surface area contributed by atoms with Crippen molar-refractivity contribution in [2.24, 2.45) is 16.7 Å². The molecule has 0 bridgehead atoms. The highest BCUT2D eigenvalue weighted by atomic mass is 16.3. The van der Waals surface area contributed by atoms with Crippen LogP contribution in [0.5, 0.6) is 0 Å². The summed E-state index contributed by atoms with van der Waals surface area (Å²) in [5.74, 6) is -1.21. The van der Waals surface area contributed by atoms with Gasteiger partial charge < -0.3 is 5.11 Å². The van der Waals surface area contributed by atoms with Gasteiger partial charge in [-0.3, -0.25) is 9.59 Å². The van der Waals surface area contributed by atoms with Crippen LogP contribution in [0.3, 0.4) is 0 Å². The first kappa shape index (κ1) is 15.1. The van der Waals surface area contributed by atoms with Crippen LogP contribution in [-0.2, 0) is 9.59 Å². The maximum absolute atomic E-state index is 12.5. The molecule has 1 fully saturated rings. The van der Waals surface area contributed by atoms with Crippen LogP contribution in [0.15, 0.2) is 11.6 Å². The van der Waals surface area contributed by atoms with E-state index in [1.807, 2.05) is 19.9 Å². The Morgan fingerprint density at radius 3 is 1.72 bits per heavy atom. The van der Waals surface area contributed by atoms with E-state index in [0.717, 1.165) is 5.57 Å². The first-order chi connectivity index (χ1) is 7.95. The Morgan fingerprint density at radius 1 is 1.11 bits per heavy atom. The lowest BCUT2D eigenvalue weighted by Gasteiger charge is -2.30. The van der Waals surface area contributed by atoms with Gasteiger partial charge in [0.2, 0.25) is 0 Å². The predicted molar refractivity (Wildman–Crippen MR) is 71.1 cm³/mol. The van der Waals surface area contributed by atoms with Crippen LogP contribution in [0.2, 0.25) is 0 Å². The van der Waals surface area contributed by atoms with Crippen molar-refractivity contribution in [1.29, 1.82) is 0 Å². The van der Waals surface area contributed by atoms with Gasteiger partial charge in [0.05, 0.1) is 0 Å². The molecule has 102 valence electrons. The molecule has 0 amide bonds. The van der Waals surface area contributed by atoms with Gasteiger partial charge in [0.1, 0.15) is 0 Å². The van der Waals surface area contributed by atoms with E-state index >= 15 is 0 Å².